The van der Waals surface area contributed by atoms with Gasteiger partial charge >= 0.3 is 0 Å². The van der Waals surface area contributed by atoms with Crippen LogP contribution in [0, 0.1) is 0 Å². The van der Waals surface area contributed by atoms with E-state index in [0.29, 0.717) is 12.0 Å². The van der Waals surface area contributed by atoms with E-state index in [9.17, 15) is 0 Å². The molecular formula is C17H27IN4. The van der Waals surface area contributed by atoms with Gasteiger partial charge in [0.15, 0.2) is 5.96 Å². The number of halogens is 1. The molecule has 2 N–H and O–H groups in total. The first-order valence-electron chi connectivity index (χ1n) is 8.06. The van der Waals surface area contributed by atoms with Crippen molar-refractivity contribution < 1.29 is 0 Å². The van der Waals surface area contributed by atoms with Gasteiger partial charge in [0.05, 0.1) is 0 Å². The second kappa shape index (κ2) is 8.15. The average molecular weight is 414 g/mol. The Balaban J connectivity index is 0.00000176. The van der Waals surface area contributed by atoms with Crippen molar-refractivity contribution in [2.24, 2.45) is 10.7 Å². The van der Waals surface area contributed by atoms with Crippen molar-refractivity contribution in [1.82, 2.24) is 9.80 Å². The number of nitrogens with zero attached hydrogens (tertiary/aromatic N) is 3. The van der Waals surface area contributed by atoms with Gasteiger partial charge in [-0.2, -0.15) is 0 Å². The normalized spacial score (nSPS) is 18.5. The molecule has 2 aliphatic rings. The lowest BCUT2D eigenvalue weighted by molar-refractivity contribution is 0.252. The number of rotatable bonds is 5. The number of hydrogen-bond donors (Lipinski definition) is 1. The Bertz CT molecular complexity index is 513. The van der Waals surface area contributed by atoms with E-state index < -0.39 is 0 Å². The van der Waals surface area contributed by atoms with E-state index in [1.54, 1.807) is 0 Å². The molecule has 0 aromatic heterocycles. The Kier molecular flexibility index (Phi) is 6.50. The van der Waals surface area contributed by atoms with Crippen molar-refractivity contribution in [3.63, 3.8) is 0 Å². The molecular weight excluding hydrogens is 387 g/mol. The minimum Gasteiger partial charge on any atom is -0.370 e. The fraction of sp³-hybridized carbons (Fsp3) is 0.588. The van der Waals surface area contributed by atoms with Gasteiger partial charge in [0.25, 0.3) is 0 Å². The van der Waals surface area contributed by atoms with Gasteiger partial charge in [-0.3, -0.25) is 9.89 Å². The minimum absolute atomic E-state index is 0. The van der Waals surface area contributed by atoms with E-state index >= 15 is 0 Å². The van der Waals surface area contributed by atoms with Crippen molar-refractivity contribution in [3.05, 3.63) is 35.4 Å². The molecule has 4 nitrogen and oxygen atoms in total. The lowest BCUT2D eigenvalue weighted by Gasteiger charge is -2.28. The summed E-state index contributed by atoms with van der Waals surface area (Å²) in [5.41, 5.74) is 9.01. The Morgan fingerprint density at radius 1 is 1.32 bits per heavy atom. The maximum atomic E-state index is 6.00. The first kappa shape index (κ1) is 17.5. The molecule has 1 aliphatic carbocycles. The average Bonchev–Trinajstić information content (AvgIpc) is 3.35. The second-order valence-electron chi connectivity index (χ2n) is 6.23. The SMILES string of the molecule is CN(C(N)=NCCCN1CCc2ccccc2C1)C1CC1.I. The topological polar surface area (TPSA) is 44.9 Å². The number of benzene rings is 1. The molecule has 5 heteroatoms. The van der Waals surface area contributed by atoms with Crippen molar-refractivity contribution >= 4 is 29.9 Å². The van der Waals surface area contributed by atoms with E-state index in [2.05, 4.69) is 46.1 Å². The van der Waals surface area contributed by atoms with Gasteiger partial charge in [-0.05, 0) is 36.8 Å². The predicted molar refractivity (Wildman–Crippen MR) is 103 cm³/mol. The molecule has 1 aromatic carbocycles. The van der Waals surface area contributed by atoms with Gasteiger partial charge in [0.1, 0.15) is 0 Å². The summed E-state index contributed by atoms with van der Waals surface area (Å²) in [6.45, 7) is 4.19. The van der Waals surface area contributed by atoms with Crippen molar-refractivity contribution in [3.8, 4) is 0 Å². The second-order valence-corrected chi connectivity index (χ2v) is 6.23. The largest absolute Gasteiger partial charge is 0.370 e. The van der Waals surface area contributed by atoms with Gasteiger partial charge in [0.2, 0.25) is 0 Å². The molecule has 22 heavy (non-hydrogen) atoms. The molecule has 3 rings (SSSR count). The molecule has 1 aromatic rings. The maximum absolute atomic E-state index is 6.00. The third-order valence-electron chi connectivity index (χ3n) is 4.57. The molecule has 1 heterocycles. The van der Waals surface area contributed by atoms with Crippen LogP contribution < -0.4 is 5.73 Å². The molecule has 1 saturated carbocycles. The lowest BCUT2D eigenvalue weighted by Crippen LogP contribution is -2.36. The van der Waals surface area contributed by atoms with Crippen LogP contribution in [0.2, 0.25) is 0 Å². The molecule has 122 valence electrons. The van der Waals surface area contributed by atoms with E-state index in [1.165, 1.54) is 30.4 Å². The van der Waals surface area contributed by atoms with Gasteiger partial charge in [-0.1, -0.05) is 24.3 Å². The molecule has 1 aliphatic heterocycles. The fourth-order valence-corrected chi connectivity index (χ4v) is 2.99. The van der Waals surface area contributed by atoms with Crippen molar-refractivity contribution in [1.29, 1.82) is 0 Å². The summed E-state index contributed by atoms with van der Waals surface area (Å²) in [5.74, 6) is 0.710. The molecule has 0 bridgehead atoms. The Labute approximate surface area is 150 Å². The van der Waals surface area contributed by atoms with Gasteiger partial charge in [-0.15, -0.1) is 24.0 Å². The third-order valence-corrected chi connectivity index (χ3v) is 4.57. The van der Waals surface area contributed by atoms with Gasteiger partial charge in [-0.25, -0.2) is 0 Å². The molecule has 0 atom stereocenters. The van der Waals surface area contributed by atoms with Crippen LogP contribution in [-0.4, -0.2) is 48.5 Å². The minimum atomic E-state index is 0. The lowest BCUT2D eigenvalue weighted by atomic mass is 10.00. The molecule has 0 saturated heterocycles. The van der Waals surface area contributed by atoms with Crippen LogP contribution in [0.1, 0.15) is 30.4 Å². The summed E-state index contributed by atoms with van der Waals surface area (Å²) >= 11 is 0. The summed E-state index contributed by atoms with van der Waals surface area (Å²) in [5, 5.41) is 0. The highest BCUT2D eigenvalue weighted by atomic mass is 127. The highest BCUT2D eigenvalue weighted by Crippen LogP contribution is 2.24. The Hall–Kier alpha value is -0.820. The molecule has 0 spiro atoms. The summed E-state index contributed by atoms with van der Waals surface area (Å²) in [7, 11) is 2.05. The van der Waals surface area contributed by atoms with E-state index in [1.807, 2.05) is 0 Å². The summed E-state index contributed by atoms with van der Waals surface area (Å²) in [6.07, 6.45) is 4.78. The van der Waals surface area contributed by atoms with E-state index in [4.69, 9.17) is 5.73 Å². The predicted octanol–water partition coefficient (Wildman–Crippen LogP) is 2.46. The van der Waals surface area contributed by atoms with Crippen LogP contribution in [0.25, 0.3) is 0 Å². The molecule has 0 unspecified atom stereocenters. The van der Waals surface area contributed by atoms with Crippen LogP contribution >= 0.6 is 24.0 Å². The van der Waals surface area contributed by atoms with E-state index in [-0.39, 0.29) is 24.0 Å². The van der Waals surface area contributed by atoms with E-state index in [0.717, 1.165) is 32.6 Å². The molecule has 0 amide bonds. The maximum Gasteiger partial charge on any atom is 0.191 e. The zero-order chi connectivity index (χ0) is 14.7. The zero-order valence-electron chi connectivity index (χ0n) is 13.4. The standard InChI is InChI=1S/C17H26N4.HI/c1-20(16-7-8-16)17(18)19-10-4-11-21-12-9-14-5-2-3-6-15(14)13-21;/h2-3,5-6,16H,4,7-13H2,1H3,(H2,18,19);1H. The highest BCUT2D eigenvalue weighted by molar-refractivity contribution is 14.0. The smallest absolute Gasteiger partial charge is 0.191 e. The number of guanidine groups is 1. The van der Waals surface area contributed by atoms with Crippen LogP contribution in [0.3, 0.4) is 0 Å². The summed E-state index contributed by atoms with van der Waals surface area (Å²) in [4.78, 5) is 9.16. The number of aliphatic imine (C=N–C) groups is 1. The molecule has 1 fully saturated rings. The Morgan fingerprint density at radius 3 is 2.77 bits per heavy atom. The monoisotopic (exact) mass is 414 g/mol. The Morgan fingerprint density at radius 2 is 2.05 bits per heavy atom. The quantitative estimate of drug-likeness (QED) is 0.349. The van der Waals surface area contributed by atoms with Crippen LogP contribution in [0.4, 0.5) is 0 Å². The first-order valence-corrected chi connectivity index (χ1v) is 8.06. The number of hydrogen-bond acceptors (Lipinski definition) is 2. The van der Waals surface area contributed by atoms with Gasteiger partial charge < -0.3 is 10.6 Å². The van der Waals surface area contributed by atoms with Gasteiger partial charge in [0, 0.05) is 39.3 Å². The fourth-order valence-electron chi connectivity index (χ4n) is 2.99. The van der Waals surface area contributed by atoms with Crippen LogP contribution in [0.5, 0.6) is 0 Å². The van der Waals surface area contributed by atoms with Crippen molar-refractivity contribution in [2.75, 3.05) is 26.7 Å². The summed E-state index contributed by atoms with van der Waals surface area (Å²) < 4.78 is 0. The number of nitrogens with two attached hydrogens (primary N) is 1. The van der Waals surface area contributed by atoms with Crippen LogP contribution in [-0.2, 0) is 13.0 Å². The van der Waals surface area contributed by atoms with Crippen LogP contribution in [0.15, 0.2) is 29.3 Å². The summed E-state index contributed by atoms with van der Waals surface area (Å²) in [6, 6.07) is 9.43. The third kappa shape index (κ3) is 4.59. The van der Waals surface area contributed by atoms with Crippen molar-refractivity contribution in [2.45, 2.75) is 38.3 Å². The zero-order valence-corrected chi connectivity index (χ0v) is 15.7. The highest BCUT2D eigenvalue weighted by Gasteiger charge is 2.27. The first-order chi connectivity index (χ1) is 10.2. The number of fused-ring (bicyclic) bond motifs is 1. The molecule has 0 radical (unpaired) electrons.